The van der Waals surface area contributed by atoms with E-state index in [1.165, 1.54) is 6.07 Å². The summed E-state index contributed by atoms with van der Waals surface area (Å²) in [5.41, 5.74) is 4.27. The Bertz CT molecular complexity index is 1210. The number of urea groups is 1. The minimum Gasteiger partial charge on any atom is -0.386 e. The topological polar surface area (TPSA) is 127 Å². The van der Waals surface area contributed by atoms with Gasteiger partial charge in [0.15, 0.2) is 16.1 Å². The molecule has 0 bridgehead atoms. The first-order chi connectivity index (χ1) is 14.6. The van der Waals surface area contributed by atoms with E-state index in [9.17, 15) is 14.1 Å². The number of rotatable bonds is 4. The maximum atomic E-state index is 13.4. The van der Waals surface area contributed by atoms with Gasteiger partial charge in [0.2, 0.25) is 0 Å². The standard InChI is InChI=1S/C21H25N5O3S2/c1-12-7-8-15-18(12)24-16-6-4-5-14(16)19(15)25-20(27)26-31(29,23-11-22)17-9-13(10-30-17)21(2,3)28/h9-10,12,28H,4-8H2,1-3H3,(H2,23,24,25,26,27,29)/t12-,31-/m0/s1. The molecule has 0 spiro atoms. The fourth-order valence-electron chi connectivity index (χ4n) is 4.16. The first-order valence-electron chi connectivity index (χ1n) is 10.2. The number of anilines is 1. The lowest BCUT2D eigenvalue weighted by Gasteiger charge is -2.15. The zero-order chi connectivity index (χ0) is 22.4. The van der Waals surface area contributed by atoms with Gasteiger partial charge in [-0.2, -0.15) is 5.26 Å². The van der Waals surface area contributed by atoms with Crippen molar-refractivity contribution in [1.29, 1.82) is 5.26 Å². The number of fused-ring (bicyclic) bond motifs is 2. The highest BCUT2D eigenvalue weighted by atomic mass is 32.2. The second-order valence-corrected chi connectivity index (χ2v) is 11.6. The number of hydrogen-bond acceptors (Lipinski definition) is 6. The summed E-state index contributed by atoms with van der Waals surface area (Å²) in [6, 6.07) is 0.741. The highest BCUT2D eigenvalue weighted by Crippen LogP contribution is 2.41. The average Bonchev–Trinajstić information content (AvgIpc) is 3.41. The second kappa shape index (κ2) is 7.89. The Morgan fingerprint density at radius 2 is 2.16 bits per heavy atom. The second-order valence-electron chi connectivity index (χ2n) is 8.54. The number of nitrogens with zero attached hydrogens (tertiary/aromatic N) is 3. The molecule has 164 valence electrons. The van der Waals surface area contributed by atoms with Crippen molar-refractivity contribution in [2.75, 3.05) is 5.32 Å². The van der Waals surface area contributed by atoms with E-state index in [1.807, 2.05) is 0 Å². The molecule has 31 heavy (non-hydrogen) atoms. The van der Waals surface area contributed by atoms with E-state index in [-0.39, 0.29) is 4.21 Å². The molecule has 8 nitrogen and oxygen atoms in total. The van der Waals surface area contributed by atoms with E-state index >= 15 is 0 Å². The normalized spacial score (nSPS) is 19.1. The van der Waals surface area contributed by atoms with Crippen molar-refractivity contribution in [1.82, 2.24) is 9.71 Å². The van der Waals surface area contributed by atoms with E-state index < -0.39 is 21.5 Å². The largest absolute Gasteiger partial charge is 0.386 e. The Balaban J connectivity index is 1.72. The van der Waals surface area contributed by atoms with Gasteiger partial charge in [0.05, 0.1) is 11.3 Å². The molecule has 2 atom stereocenters. The van der Waals surface area contributed by atoms with Crippen molar-refractivity contribution in [3.8, 4) is 6.19 Å². The minimum atomic E-state index is -3.52. The first-order valence-corrected chi connectivity index (χ1v) is 12.6. The first kappa shape index (κ1) is 21.7. The van der Waals surface area contributed by atoms with E-state index in [0.717, 1.165) is 71.6 Å². The Labute approximate surface area is 186 Å². The molecule has 0 radical (unpaired) electrons. The summed E-state index contributed by atoms with van der Waals surface area (Å²) in [5, 5.41) is 23.8. The zero-order valence-corrected chi connectivity index (χ0v) is 19.3. The zero-order valence-electron chi connectivity index (χ0n) is 17.7. The third-order valence-electron chi connectivity index (χ3n) is 5.83. The number of aryl methyl sites for hydroxylation is 1. The van der Waals surface area contributed by atoms with Gasteiger partial charge in [-0.3, -0.25) is 4.98 Å². The number of pyridine rings is 1. The van der Waals surface area contributed by atoms with Crippen LogP contribution in [0, 0.1) is 11.5 Å². The molecule has 2 amide bonds. The van der Waals surface area contributed by atoms with Crippen molar-refractivity contribution in [2.45, 2.75) is 68.6 Å². The van der Waals surface area contributed by atoms with E-state index in [2.05, 4.69) is 21.3 Å². The molecule has 0 aromatic carbocycles. The summed E-state index contributed by atoms with van der Waals surface area (Å²) >= 11 is 1.08. The molecule has 2 heterocycles. The van der Waals surface area contributed by atoms with Gasteiger partial charge in [-0.25, -0.2) is 13.7 Å². The SMILES string of the molecule is C[C@H]1CCc2c1nc1c(c2NC(=O)N=[S@@](=O)(NC#N)c2cc(C(C)(C)O)cs2)CCC1. The Hall–Kier alpha value is -2.48. The number of nitrogens with one attached hydrogen (secondary N) is 2. The molecule has 10 heteroatoms. The minimum absolute atomic E-state index is 0.208. The molecular formula is C21H25N5O3S2. The number of carbonyl (C=O) groups is 1. The number of hydrogen-bond donors (Lipinski definition) is 3. The monoisotopic (exact) mass is 459 g/mol. The van der Waals surface area contributed by atoms with Crippen LogP contribution >= 0.6 is 11.3 Å². The van der Waals surface area contributed by atoms with Crippen LogP contribution in [0.5, 0.6) is 0 Å². The fourth-order valence-corrected chi connectivity index (χ4v) is 6.78. The van der Waals surface area contributed by atoms with Crippen LogP contribution in [0.2, 0.25) is 0 Å². The molecule has 0 saturated carbocycles. The number of thiophene rings is 1. The van der Waals surface area contributed by atoms with Gasteiger partial charge in [-0.05, 0) is 80.0 Å². The molecule has 0 fully saturated rings. The lowest BCUT2D eigenvalue weighted by atomic mass is 10.0. The van der Waals surface area contributed by atoms with Crippen LogP contribution in [0.25, 0.3) is 0 Å². The molecule has 0 saturated heterocycles. The number of nitriles is 1. The van der Waals surface area contributed by atoms with Crippen LogP contribution in [-0.2, 0) is 34.8 Å². The van der Waals surface area contributed by atoms with Crippen molar-refractivity contribution in [2.24, 2.45) is 4.36 Å². The van der Waals surface area contributed by atoms with E-state index in [1.54, 1.807) is 25.4 Å². The van der Waals surface area contributed by atoms with Crippen LogP contribution in [0.1, 0.15) is 67.6 Å². The Morgan fingerprint density at radius 3 is 2.84 bits per heavy atom. The Kier molecular flexibility index (Phi) is 5.54. The van der Waals surface area contributed by atoms with Crippen LogP contribution in [0.3, 0.4) is 0 Å². The number of aromatic nitrogens is 1. The van der Waals surface area contributed by atoms with Gasteiger partial charge in [-0.15, -0.1) is 15.7 Å². The summed E-state index contributed by atoms with van der Waals surface area (Å²) in [6.45, 7) is 5.35. The van der Waals surface area contributed by atoms with Crippen LogP contribution in [0.15, 0.2) is 20.0 Å². The number of aliphatic hydroxyl groups is 1. The molecule has 0 unspecified atom stereocenters. The molecular weight excluding hydrogens is 434 g/mol. The highest BCUT2D eigenvalue weighted by Gasteiger charge is 2.30. The van der Waals surface area contributed by atoms with Gasteiger partial charge in [0, 0.05) is 11.4 Å². The number of amides is 2. The lowest BCUT2D eigenvalue weighted by molar-refractivity contribution is 0.0789. The van der Waals surface area contributed by atoms with Crippen molar-refractivity contribution in [3.63, 3.8) is 0 Å². The maximum absolute atomic E-state index is 13.4. The van der Waals surface area contributed by atoms with Crippen LogP contribution in [0.4, 0.5) is 10.5 Å². The summed E-state index contributed by atoms with van der Waals surface area (Å²) in [4.78, 5) is 17.7. The van der Waals surface area contributed by atoms with Crippen molar-refractivity contribution >= 4 is 33.0 Å². The summed E-state index contributed by atoms with van der Waals surface area (Å²) in [6.07, 6.45) is 6.17. The summed E-state index contributed by atoms with van der Waals surface area (Å²) in [7, 11) is -3.52. The third kappa shape index (κ3) is 4.05. The van der Waals surface area contributed by atoms with E-state index in [4.69, 9.17) is 10.2 Å². The predicted octanol–water partition coefficient (Wildman–Crippen LogP) is 3.95. The molecule has 2 aliphatic rings. The van der Waals surface area contributed by atoms with Crippen molar-refractivity contribution in [3.05, 3.63) is 39.5 Å². The van der Waals surface area contributed by atoms with Gasteiger partial charge >= 0.3 is 6.03 Å². The lowest BCUT2D eigenvalue weighted by Crippen LogP contribution is -2.22. The average molecular weight is 460 g/mol. The quantitative estimate of drug-likeness (QED) is 0.471. The molecule has 3 N–H and O–H groups in total. The van der Waals surface area contributed by atoms with Gasteiger partial charge in [-0.1, -0.05) is 6.92 Å². The van der Waals surface area contributed by atoms with Gasteiger partial charge in [0.1, 0.15) is 4.21 Å². The molecule has 2 aromatic rings. The molecule has 0 aliphatic heterocycles. The van der Waals surface area contributed by atoms with Gasteiger partial charge in [0.25, 0.3) is 0 Å². The molecule has 4 rings (SSSR count). The summed E-state index contributed by atoms with van der Waals surface area (Å²) in [5.74, 6) is 0.337. The molecule has 2 aliphatic carbocycles. The van der Waals surface area contributed by atoms with Crippen molar-refractivity contribution < 1.29 is 14.1 Å². The third-order valence-corrected chi connectivity index (χ3v) is 8.98. The fraction of sp³-hybridized carbons (Fsp3) is 0.476. The number of carbonyl (C=O) groups excluding carboxylic acids is 1. The van der Waals surface area contributed by atoms with Crippen LogP contribution < -0.4 is 10.0 Å². The highest BCUT2D eigenvalue weighted by molar-refractivity contribution is 7.94. The maximum Gasteiger partial charge on any atom is 0.355 e. The smallest absolute Gasteiger partial charge is 0.355 e. The van der Waals surface area contributed by atoms with E-state index in [0.29, 0.717) is 11.5 Å². The predicted molar refractivity (Wildman–Crippen MR) is 119 cm³/mol. The summed E-state index contributed by atoms with van der Waals surface area (Å²) < 4.78 is 19.7. The Morgan fingerprint density at radius 1 is 1.39 bits per heavy atom. The van der Waals surface area contributed by atoms with Crippen LogP contribution in [-0.4, -0.2) is 20.3 Å². The molecule has 2 aromatic heterocycles. The van der Waals surface area contributed by atoms with Gasteiger partial charge < -0.3 is 10.4 Å².